The van der Waals surface area contributed by atoms with Gasteiger partial charge in [-0.3, -0.25) is 0 Å². The van der Waals surface area contributed by atoms with Crippen LogP contribution >= 0.6 is 0 Å². The number of nitrogens with one attached hydrogen (secondary N) is 2. The number of carbonyl (C=O) groups is 4. The molecule has 2 rings (SSSR count). The fraction of sp³-hybridized carbons (Fsp3) is 0.417. The molecular formula is C24H30N2O8. The van der Waals surface area contributed by atoms with Gasteiger partial charge in [-0.25, -0.2) is 19.2 Å². The first-order valence-electron chi connectivity index (χ1n) is 10.6. The average molecular weight is 475 g/mol. The fourth-order valence-electron chi connectivity index (χ4n) is 3.26. The lowest BCUT2D eigenvalue weighted by Gasteiger charge is -2.24. The van der Waals surface area contributed by atoms with Gasteiger partial charge in [-0.05, 0) is 63.4 Å². The predicted molar refractivity (Wildman–Crippen MR) is 123 cm³/mol. The van der Waals surface area contributed by atoms with Gasteiger partial charge in [-0.1, -0.05) is 36.4 Å². The Hall–Kier alpha value is -3.82. The van der Waals surface area contributed by atoms with Crippen LogP contribution in [0.25, 0.3) is 10.8 Å². The molecule has 2 unspecified atom stereocenters. The van der Waals surface area contributed by atoms with Gasteiger partial charge in [-0.15, -0.1) is 0 Å². The third kappa shape index (κ3) is 7.09. The molecule has 0 bridgehead atoms. The lowest BCUT2D eigenvalue weighted by molar-refractivity contribution is -0.140. The van der Waals surface area contributed by atoms with E-state index in [4.69, 9.17) is 9.47 Å². The van der Waals surface area contributed by atoms with Crippen molar-refractivity contribution in [3.63, 3.8) is 0 Å². The first kappa shape index (κ1) is 26.4. The number of hydrogen-bond acceptors (Lipinski definition) is 6. The first-order chi connectivity index (χ1) is 15.6. The summed E-state index contributed by atoms with van der Waals surface area (Å²) in [4.78, 5) is 48.5. The number of carboxylic acid groups (broad SMARTS) is 2. The number of rotatable bonds is 6. The van der Waals surface area contributed by atoms with E-state index in [9.17, 15) is 29.4 Å². The maximum absolute atomic E-state index is 12.2. The monoisotopic (exact) mass is 474 g/mol. The molecular weight excluding hydrogens is 444 g/mol. The van der Waals surface area contributed by atoms with Crippen molar-refractivity contribution in [2.75, 3.05) is 0 Å². The third-order valence-electron chi connectivity index (χ3n) is 4.43. The van der Waals surface area contributed by atoms with Gasteiger partial charge in [0.05, 0.1) is 0 Å². The van der Waals surface area contributed by atoms with Crippen molar-refractivity contribution in [2.24, 2.45) is 0 Å². The van der Waals surface area contributed by atoms with Crippen LogP contribution in [0.4, 0.5) is 9.59 Å². The maximum Gasteiger partial charge on any atom is 0.408 e. The molecule has 10 nitrogen and oxygen atoms in total. The highest BCUT2D eigenvalue weighted by molar-refractivity contribution is 5.96. The first-order valence-corrected chi connectivity index (χ1v) is 10.6. The van der Waals surface area contributed by atoms with E-state index < -0.39 is 47.4 Å². The van der Waals surface area contributed by atoms with Crippen molar-refractivity contribution in [1.29, 1.82) is 0 Å². The van der Waals surface area contributed by atoms with E-state index in [1.807, 2.05) is 0 Å². The van der Waals surface area contributed by atoms with Crippen molar-refractivity contribution in [3.05, 3.63) is 47.5 Å². The summed E-state index contributed by atoms with van der Waals surface area (Å²) in [5.74, 6) is -2.66. The summed E-state index contributed by atoms with van der Waals surface area (Å²) in [7, 11) is 0. The lowest BCUT2D eigenvalue weighted by Crippen LogP contribution is -2.38. The van der Waals surface area contributed by atoms with Gasteiger partial charge in [0.1, 0.15) is 11.2 Å². The average Bonchev–Trinajstić information content (AvgIpc) is 2.66. The second kappa shape index (κ2) is 9.98. The quantitative estimate of drug-likeness (QED) is 0.488. The SMILES string of the molecule is CC(C)(C)OC(=O)NC(C(=O)O)c1cccc2c(C(NC(=O)OC(C)(C)C)C(=O)O)cccc12. The summed E-state index contributed by atoms with van der Waals surface area (Å²) in [6.07, 6.45) is -1.83. The number of benzene rings is 2. The molecule has 34 heavy (non-hydrogen) atoms. The van der Waals surface area contributed by atoms with Gasteiger partial charge in [0.2, 0.25) is 0 Å². The molecule has 2 amide bonds. The molecule has 184 valence electrons. The molecule has 0 spiro atoms. The molecule has 0 fully saturated rings. The number of alkyl carbamates (subject to hydrolysis) is 2. The van der Waals surface area contributed by atoms with Gasteiger partial charge >= 0.3 is 24.1 Å². The van der Waals surface area contributed by atoms with Crippen molar-refractivity contribution in [1.82, 2.24) is 10.6 Å². The number of carbonyl (C=O) groups excluding carboxylic acids is 2. The minimum Gasteiger partial charge on any atom is -0.479 e. The van der Waals surface area contributed by atoms with Crippen molar-refractivity contribution >= 4 is 34.9 Å². The Labute approximate surface area is 197 Å². The van der Waals surface area contributed by atoms with E-state index in [1.54, 1.807) is 65.8 Å². The van der Waals surface area contributed by atoms with E-state index in [0.29, 0.717) is 10.8 Å². The van der Waals surface area contributed by atoms with Gasteiger partial charge in [-0.2, -0.15) is 0 Å². The van der Waals surface area contributed by atoms with Crippen LogP contribution < -0.4 is 10.6 Å². The Morgan fingerprint density at radius 1 is 0.676 bits per heavy atom. The van der Waals surface area contributed by atoms with Crippen LogP contribution in [0.5, 0.6) is 0 Å². The van der Waals surface area contributed by atoms with Crippen LogP contribution in [0.2, 0.25) is 0 Å². The number of amides is 2. The molecule has 0 saturated carbocycles. The second-order valence-corrected chi connectivity index (χ2v) is 9.62. The molecule has 0 saturated heterocycles. The molecule has 2 atom stereocenters. The standard InChI is InChI=1S/C24H30N2O8/c1-23(2,3)33-21(31)25-17(19(27)28)15-11-7-10-14-13(15)9-8-12-16(14)18(20(29)30)26-22(32)34-24(4,5)6/h7-12,17-18H,1-6H3,(H,25,31)(H,26,32)(H,27,28)(H,29,30). The minimum atomic E-state index is -1.46. The summed E-state index contributed by atoms with van der Waals surface area (Å²) >= 11 is 0. The number of carboxylic acids is 2. The smallest absolute Gasteiger partial charge is 0.408 e. The second-order valence-electron chi connectivity index (χ2n) is 9.62. The number of hydrogen-bond donors (Lipinski definition) is 4. The van der Waals surface area contributed by atoms with E-state index in [1.165, 1.54) is 12.1 Å². The zero-order chi connectivity index (χ0) is 25.8. The van der Waals surface area contributed by atoms with Gasteiger partial charge in [0.15, 0.2) is 12.1 Å². The van der Waals surface area contributed by atoms with Gasteiger partial charge in [0, 0.05) is 0 Å². The molecule has 0 heterocycles. The molecule has 0 aliphatic rings. The van der Waals surface area contributed by atoms with E-state index >= 15 is 0 Å². The van der Waals surface area contributed by atoms with E-state index in [2.05, 4.69) is 10.6 Å². The van der Waals surface area contributed by atoms with E-state index in [-0.39, 0.29) is 11.1 Å². The highest BCUT2D eigenvalue weighted by atomic mass is 16.6. The van der Waals surface area contributed by atoms with Gasteiger partial charge < -0.3 is 30.3 Å². The Bertz CT molecular complexity index is 1010. The largest absolute Gasteiger partial charge is 0.479 e. The number of ether oxygens (including phenoxy) is 2. The topological polar surface area (TPSA) is 151 Å². The highest BCUT2D eigenvalue weighted by Crippen LogP contribution is 2.31. The van der Waals surface area contributed by atoms with Crippen LogP contribution in [0, 0.1) is 0 Å². The van der Waals surface area contributed by atoms with Crippen LogP contribution in [-0.4, -0.2) is 45.5 Å². The zero-order valence-corrected chi connectivity index (χ0v) is 20.0. The Kier molecular flexibility index (Phi) is 7.76. The summed E-state index contributed by atoms with van der Waals surface area (Å²) in [5, 5.41) is 25.0. The molecule has 0 radical (unpaired) electrons. The number of aliphatic carboxylic acids is 2. The van der Waals surface area contributed by atoms with Crippen LogP contribution in [0.1, 0.15) is 64.8 Å². The van der Waals surface area contributed by atoms with Crippen LogP contribution in [-0.2, 0) is 19.1 Å². The summed E-state index contributed by atoms with van der Waals surface area (Å²) in [6.45, 7) is 9.89. The Morgan fingerprint density at radius 2 is 1.00 bits per heavy atom. The molecule has 0 aliphatic carbocycles. The molecule has 2 aromatic rings. The third-order valence-corrected chi connectivity index (χ3v) is 4.43. The molecule has 10 heteroatoms. The van der Waals surface area contributed by atoms with E-state index in [0.717, 1.165) is 0 Å². The lowest BCUT2D eigenvalue weighted by atomic mass is 9.93. The summed E-state index contributed by atoms with van der Waals surface area (Å²) in [6, 6.07) is 6.39. The number of fused-ring (bicyclic) bond motifs is 1. The van der Waals surface area contributed by atoms with Crippen LogP contribution in [0.3, 0.4) is 0 Å². The minimum absolute atomic E-state index is 0.221. The van der Waals surface area contributed by atoms with Crippen molar-refractivity contribution < 1.29 is 38.9 Å². The van der Waals surface area contributed by atoms with Crippen molar-refractivity contribution in [3.8, 4) is 0 Å². The zero-order valence-electron chi connectivity index (χ0n) is 20.0. The fourth-order valence-corrected chi connectivity index (χ4v) is 3.26. The molecule has 0 aromatic heterocycles. The Morgan fingerprint density at radius 3 is 1.26 bits per heavy atom. The summed E-state index contributed by atoms with van der Waals surface area (Å²) < 4.78 is 10.4. The van der Waals surface area contributed by atoms with Crippen molar-refractivity contribution in [2.45, 2.75) is 64.8 Å². The predicted octanol–water partition coefficient (Wildman–Crippen LogP) is 4.14. The van der Waals surface area contributed by atoms with Crippen LogP contribution in [0.15, 0.2) is 36.4 Å². The summed E-state index contributed by atoms with van der Waals surface area (Å²) in [5.41, 5.74) is -1.22. The maximum atomic E-state index is 12.2. The molecule has 0 aliphatic heterocycles. The van der Waals surface area contributed by atoms with Gasteiger partial charge in [0.25, 0.3) is 0 Å². The normalized spacial score (nSPS) is 13.5. The molecule has 2 aromatic carbocycles. The highest BCUT2D eigenvalue weighted by Gasteiger charge is 2.30. The Balaban J connectivity index is 2.52. The molecule has 4 N–H and O–H groups in total.